The highest BCUT2D eigenvalue weighted by Gasteiger charge is 2.25. The van der Waals surface area contributed by atoms with Gasteiger partial charge >= 0.3 is 12.1 Å². The smallest absolute Gasteiger partial charge is 0.412 e. The molecule has 10 nitrogen and oxygen atoms in total. The van der Waals surface area contributed by atoms with Gasteiger partial charge in [-0.25, -0.2) is 9.59 Å². The van der Waals surface area contributed by atoms with Crippen LogP contribution in [0.5, 0.6) is 0 Å². The Hall–Kier alpha value is -3.92. The van der Waals surface area contributed by atoms with Crippen LogP contribution >= 0.6 is 11.6 Å². The Kier molecular flexibility index (Phi) is 10.8. The van der Waals surface area contributed by atoms with E-state index < -0.39 is 35.5 Å². The number of nitrogens with one attached hydrogen (secondary N) is 3. The van der Waals surface area contributed by atoms with E-state index in [-0.39, 0.29) is 41.3 Å². The van der Waals surface area contributed by atoms with Crippen molar-refractivity contribution < 1.29 is 33.4 Å². The predicted octanol–water partition coefficient (Wildman–Crippen LogP) is 4.05. The second-order valence-corrected chi connectivity index (χ2v) is 9.86. The minimum Gasteiger partial charge on any atom is -0.467 e. The van der Waals surface area contributed by atoms with Gasteiger partial charge in [-0.05, 0) is 63.9 Å². The summed E-state index contributed by atoms with van der Waals surface area (Å²) in [6.07, 6.45) is -0.810. The van der Waals surface area contributed by atoms with E-state index in [4.69, 9.17) is 21.1 Å². The molecule has 1 atom stereocenters. The van der Waals surface area contributed by atoms with Crippen LogP contribution in [0.3, 0.4) is 0 Å². The number of anilines is 1. The third-order valence-electron chi connectivity index (χ3n) is 5.17. The van der Waals surface area contributed by atoms with E-state index in [1.807, 2.05) is 0 Å². The van der Waals surface area contributed by atoms with Crippen LogP contribution in [0.25, 0.3) is 0 Å². The Bertz CT molecular complexity index is 1190. The maximum Gasteiger partial charge on any atom is 0.412 e. The average Bonchev–Trinajstić information content (AvgIpc) is 2.83. The van der Waals surface area contributed by atoms with Gasteiger partial charge in [-0.3, -0.25) is 19.7 Å². The number of carbonyl (C=O) groups excluding carboxylic acids is 5. The molecule has 0 bridgehead atoms. The fourth-order valence-corrected chi connectivity index (χ4v) is 3.68. The molecule has 0 saturated carbocycles. The quantitative estimate of drug-likeness (QED) is 0.383. The van der Waals surface area contributed by atoms with Gasteiger partial charge in [0, 0.05) is 17.7 Å². The monoisotopic (exact) mass is 545 g/mol. The first-order valence-corrected chi connectivity index (χ1v) is 12.2. The number of ketones is 1. The minimum absolute atomic E-state index is 0.0358. The van der Waals surface area contributed by atoms with Gasteiger partial charge in [-0.1, -0.05) is 29.8 Å². The van der Waals surface area contributed by atoms with Crippen LogP contribution in [-0.2, 0) is 19.1 Å². The largest absolute Gasteiger partial charge is 0.467 e. The number of amides is 3. The van der Waals surface area contributed by atoms with Crippen molar-refractivity contribution in [1.82, 2.24) is 10.6 Å². The second-order valence-electron chi connectivity index (χ2n) is 9.45. The molecular formula is C27H32ClN3O7. The summed E-state index contributed by atoms with van der Waals surface area (Å²) in [5.74, 6) is -2.17. The van der Waals surface area contributed by atoms with E-state index >= 15 is 0 Å². The molecular weight excluding hydrogens is 514 g/mol. The zero-order valence-corrected chi connectivity index (χ0v) is 22.7. The van der Waals surface area contributed by atoms with Gasteiger partial charge in [-0.15, -0.1) is 0 Å². The average molecular weight is 546 g/mol. The molecule has 38 heavy (non-hydrogen) atoms. The van der Waals surface area contributed by atoms with E-state index in [1.54, 1.807) is 58.0 Å². The molecule has 0 aliphatic heterocycles. The molecule has 2 aromatic rings. The van der Waals surface area contributed by atoms with Crippen molar-refractivity contribution in [1.29, 1.82) is 0 Å². The fourth-order valence-electron chi connectivity index (χ4n) is 3.38. The lowest BCUT2D eigenvalue weighted by molar-refractivity contribution is -0.143. The molecule has 3 amide bonds. The topological polar surface area (TPSA) is 140 Å². The zero-order chi connectivity index (χ0) is 28.5. The summed E-state index contributed by atoms with van der Waals surface area (Å²) in [5, 5.41) is 7.86. The normalized spacial score (nSPS) is 11.6. The first-order valence-electron chi connectivity index (χ1n) is 11.8. The van der Waals surface area contributed by atoms with Crippen molar-refractivity contribution in [3.63, 3.8) is 0 Å². The van der Waals surface area contributed by atoms with Gasteiger partial charge in [0.2, 0.25) is 0 Å². The molecule has 204 valence electrons. The van der Waals surface area contributed by atoms with Crippen LogP contribution in [0.2, 0.25) is 5.02 Å². The third-order valence-corrected chi connectivity index (χ3v) is 5.48. The second kappa shape index (κ2) is 13.6. The van der Waals surface area contributed by atoms with Crippen LogP contribution in [0, 0.1) is 6.92 Å². The number of hydrogen-bond acceptors (Lipinski definition) is 7. The van der Waals surface area contributed by atoms with Crippen molar-refractivity contribution in [2.24, 2.45) is 0 Å². The Balaban J connectivity index is 1.92. The molecule has 0 spiro atoms. The third kappa shape index (κ3) is 9.51. The Morgan fingerprint density at radius 3 is 2.32 bits per heavy atom. The molecule has 3 N–H and O–H groups in total. The number of aryl methyl sites for hydroxylation is 1. The highest BCUT2D eigenvalue weighted by Crippen LogP contribution is 2.20. The molecule has 11 heteroatoms. The van der Waals surface area contributed by atoms with Gasteiger partial charge in [0.25, 0.3) is 11.8 Å². The number of benzene rings is 2. The van der Waals surface area contributed by atoms with E-state index in [2.05, 4.69) is 16.0 Å². The van der Waals surface area contributed by atoms with Crippen molar-refractivity contribution in [2.75, 3.05) is 19.0 Å². The molecule has 0 radical (unpaired) electrons. The summed E-state index contributed by atoms with van der Waals surface area (Å²) < 4.78 is 9.95. The molecule has 0 aliphatic rings. The van der Waals surface area contributed by atoms with Crippen LogP contribution < -0.4 is 16.0 Å². The summed E-state index contributed by atoms with van der Waals surface area (Å²) in [4.78, 5) is 61.8. The standard InChI is InChI=1S/C27H32ClN3O7/c1-16-8-6-11-20(28)22(16)24(34)31-21(25(35)37-5)13-12-19(32)15-29-23(33)17-9-7-10-18(14-17)30-26(36)38-27(2,3)4/h6-11,14,21H,12-13,15H2,1-5H3,(H,29,33)(H,30,36)(H,31,34)/t21-/m0/s1. The first-order chi connectivity index (χ1) is 17.8. The summed E-state index contributed by atoms with van der Waals surface area (Å²) in [7, 11) is 1.18. The van der Waals surface area contributed by atoms with Crippen LogP contribution in [-0.4, -0.2) is 55.0 Å². The lowest BCUT2D eigenvalue weighted by atomic mass is 10.1. The fraction of sp³-hybridized carbons (Fsp3) is 0.370. The number of ether oxygens (including phenoxy) is 2. The van der Waals surface area contributed by atoms with Gasteiger partial charge < -0.3 is 20.1 Å². The maximum atomic E-state index is 12.7. The van der Waals surface area contributed by atoms with Gasteiger partial charge in [0.15, 0.2) is 5.78 Å². The van der Waals surface area contributed by atoms with Gasteiger partial charge in [0.05, 0.1) is 24.2 Å². The minimum atomic E-state index is -1.08. The maximum absolute atomic E-state index is 12.7. The number of esters is 1. The summed E-state index contributed by atoms with van der Waals surface area (Å²) >= 11 is 6.13. The molecule has 0 heterocycles. The van der Waals surface area contributed by atoms with E-state index in [1.165, 1.54) is 19.2 Å². The molecule has 2 aromatic carbocycles. The van der Waals surface area contributed by atoms with Crippen LogP contribution in [0.15, 0.2) is 42.5 Å². The first kappa shape index (κ1) is 30.3. The lowest BCUT2D eigenvalue weighted by Crippen LogP contribution is -2.42. The number of methoxy groups -OCH3 is 1. The highest BCUT2D eigenvalue weighted by molar-refractivity contribution is 6.34. The molecule has 0 aromatic heterocycles. The molecule has 0 aliphatic carbocycles. The highest BCUT2D eigenvalue weighted by atomic mass is 35.5. The van der Waals surface area contributed by atoms with Crippen molar-refractivity contribution in [2.45, 2.75) is 52.2 Å². The predicted molar refractivity (Wildman–Crippen MR) is 142 cm³/mol. The van der Waals surface area contributed by atoms with Crippen molar-refractivity contribution >= 4 is 46.9 Å². The molecule has 0 fully saturated rings. The molecule has 0 unspecified atom stereocenters. The number of hydrogen-bond donors (Lipinski definition) is 3. The summed E-state index contributed by atoms with van der Waals surface area (Å²) in [5.41, 5.74) is 0.750. The SMILES string of the molecule is COC(=O)[C@H](CCC(=O)CNC(=O)c1cccc(NC(=O)OC(C)(C)C)c1)NC(=O)c1c(C)cccc1Cl. The Labute approximate surface area is 226 Å². The lowest BCUT2D eigenvalue weighted by Gasteiger charge is -2.19. The van der Waals surface area contributed by atoms with Crippen molar-refractivity contribution in [3.8, 4) is 0 Å². The zero-order valence-electron chi connectivity index (χ0n) is 22.0. The van der Waals surface area contributed by atoms with E-state index in [0.717, 1.165) is 0 Å². The van der Waals surface area contributed by atoms with E-state index in [0.29, 0.717) is 11.3 Å². The number of carbonyl (C=O) groups is 5. The summed E-state index contributed by atoms with van der Waals surface area (Å²) in [6, 6.07) is 10.0. The molecule has 2 rings (SSSR count). The molecule has 0 saturated heterocycles. The number of rotatable bonds is 10. The Morgan fingerprint density at radius 1 is 1.00 bits per heavy atom. The van der Waals surface area contributed by atoms with Gasteiger partial charge in [-0.2, -0.15) is 0 Å². The summed E-state index contributed by atoms with van der Waals surface area (Å²) in [6.45, 7) is 6.61. The number of halogens is 1. The van der Waals surface area contributed by atoms with Gasteiger partial charge in [0.1, 0.15) is 11.6 Å². The van der Waals surface area contributed by atoms with E-state index in [9.17, 15) is 24.0 Å². The van der Waals surface area contributed by atoms with Crippen LogP contribution in [0.4, 0.5) is 10.5 Å². The van der Waals surface area contributed by atoms with Crippen LogP contribution in [0.1, 0.15) is 59.9 Å². The van der Waals surface area contributed by atoms with Crippen molar-refractivity contribution in [3.05, 3.63) is 64.2 Å². The number of Topliss-reactive ketones (excluding diaryl/α,β-unsaturated/α-hetero) is 1. The Morgan fingerprint density at radius 2 is 1.68 bits per heavy atom.